The lowest BCUT2D eigenvalue weighted by Crippen LogP contribution is -2.05. The van der Waals surface area contributed by atoms with Gasteiger partial charge in [-0.1, -0.05) is 26.0 Å². The first-order valence-electron chi connectivity index (χ1n) is 6.18. The van der Waals surface area contributed by atoms with Gasteiger partial charge in [0.25, 0.3) is 0 Å². The quantitative estimate of drug-likeness (QED) is 0.888. The summed E-state index contributed by atoms with van der Waals surface area (Å²) in [4.78, 5) is 8.98. The highest BCUT2D eigenvalue weighted by Gasteiger charge is 2.08. The summed E-state index contributed by atoms with van der Waals surface area (Å²) in [6.45, 7) is 4.16. The molecule has 0 unspecified atom stereocenters. The van der Waals surface area contributed by atoms with Gasteiger partial charge in [-0.25, -0.2) is 9.97 Å². The predicted molar refractivity (Wildman–Crippen MR) is 83.1 cm³/mol. The van der Waals surface area contributed by atoms with E-state index in [2.05, 4.69) is 50.4 Å². The Morgan fingerprint density at radius 1 is 1.11 bits per heavy atom. The number of hydrogen-bond acceptors (Lipinski definition) is 4. The molecule has 0 radical (unpaired) electrons. The summed E-state index contributed by atoms with van der Waals surface area (Å²) >= 11 is 3.52. The molecule has 19 heavy (non-hydrogen) atoms. The molecule has 0 fully saturated rings. The van der Waals surface area contributed by atoms with Gasteiger partial charge < -0.3 is 10.6 Å². The number of aromatic nitrogens is 2. The van der Waals surface area contributed by atoms with Crippen molar-refractivity contribution in [1.82, 2.24) is 9.97 Å². The average Bonchev–Trinajstić information content (AvgIpc) is 2.41. The first kappa shape index (κ1) is 13.8. The molecular formula is C14H17BrN4. The highest BCUT2D eigenvalue weighted by molar-refractivity contribution is 9.10. The van der Waals surface area contributed by atoms with Crippen molar-refractivity contribution >= 4 is 33.3 Å². The van der Waals surface area contributed by atoms with E-state index in [1.807, 2.05) is 37.4 Å². The van der Waals surface area contributed by atoms with Gasteiger partial charge in [-0.2, -0.15) is 0 Å². The Morgan fingerprint density at radius 3 is 2.42 bits per heavy atom. The Kier molecular flexibility index (Phi) is 4.37. The summed E-state index contributed by atoms with van der Waals surface area (Å²) < 4.78 is 1.01. The molecule has 0 spiro atoms. The van der Waals surface area contributed by atoms with Crippen LogP contribution in [0.5, 0.6) is 0 Å². The van der Waals surface area contributed by atoms with Crippen LogP contribution in [0.2, 0.25) is 0 Å². The van der Waals surface area contributed by atoms with Crippen LogP contribution in [0.1, 0.15) is 25.6 Å². The second-order valence-electron chi connectivity index (χ2n) is 4.51. The van der Waals surface area contributed by atoms with E-state index in [4.69, 9.17) is 0 Å². The van der Waals surface area contributed by atoms with E-state index in [1.54, 1.807) is 0 Å². The van der Waals surface area contributed by atoms with Crippen LogP contribution in [-0.2, 0) is 0 Å². The number of para-hydroxylation sites is 1. The molecule has 4 nitrogen and oxygen atoms in total. The van der Waals surface area contributed by atoms with Gasteiger partial charge in [0.15, 0.2) is 0 Å². The first-order valence-corrected chi connectivity index (χ1v) is 6.97. The number of halogens is 1. The summed E-state index contributed by atoms with van der Waals surface area (Å²) in [6.07, 6.45) is 0. The van der Waals surface area contributed by atoms with Crippen molar-refractivity contribution in [2.45, 2.75) is 19.8 Å². The number of anilines is 3. The Labute approximate surface area is 121 Å². The smallest absolute Gasteiger partial charge is 0.136 e. The van der Waals surface area contributed by atoms with Crippen LogP contribution in [0.25, 0.3) is 0 Å². The molecule has 1 heterocycles. The molecule has 2 aromatic rings. The number of nitrogens with zero attached hydrogens (tertiary/aromatic N) is 2. The fraction of sp³-hybridized carbons (Fsp3) is 0.286. The Hall–Kier alpha value is -1.62. The highest BCUT2D eigenvalue weighted by Crippen LogP contribution is 2.26. The summed E-state index contributed by atoms with van der Waals surface area (Å²) in [7, 11) is 1.86. The van der Waals surface area contributed by atoms with Crippen molar-refractivity contribution in [3.8, 4) is 0 Å². The lowest BCUT2D eigenvalue weighted by Gasteiger charge is -2.12. The molecule has 0 aliphatic heterocycles. The summed E-state index contributed by atoms with van der Waals surface area (Å²) in [5.41, 5.74) is 0.984. The topological polar surface area (TPSA) is 49.8 Å². The van der Waals surface area contributed by atoms with Crippen LogP contribution >= 0.6 is 15.9 Å². The van der Waals surface area contributed by atoms with Crippen molar-refractivity contribution in [2.75, 3.05) is 17.7 Å². The van der Waals surface area contributed by atoms with Gasteiger partial charge in [0.2, 0.25) is 0 Å². The zero-order valence-corrected chi connectivity index (χ0v) is 12.8. The zero-order chi connectivity index (χ0) is 13.8. The fourth-order valence-electron chi connectivity index (χ4n) is 1.62. The van der Waals surface area contributed by atoms with Gasteiger partial charge in [0, 0.05) is 23.5 Å². The van der Waals surface area contributed by atoms with E-state index in [0.29, 0.717) is 0 Å². The summed E-state index contributed by atoms with van der Waals surface area (Å²) in [5, 5.41) is 6.36. The van der Waals surface area contributed by atoms with Crippen molar-refractivity contribution in [3.63, 3.8) is 0 Å². The zero-order valence-electron chi connectivity index (χ0n) is 11.2. The second-order valence-corrected chi connectivity index (χ2v) is 5.36. The molecule has 0 aliphatic carbocycles. The number of hydrogen-bond donors (Lipinski definition) is 2. The Bertz CT molecular complexity index is 569. The van der Waals surface area contributed by atoms with Crippen LogP contribution in [0.3, 0.4) is 0 Å². The summed E-state index contributed by atoms with van der Waals surface area (Å²) in [6, 6.07) is 9.85. The van der Waals surface area contributed by atoms with E-state index in [-0.39, 0.29) is 5.92 Å². The standard InChI is InChI=1S/C14H17BrN4/c1-9(2)14-18-12(16-3)8-13(19-14)17-11-7-5-4-6-10(11)15/h4-9H,1-3H3,(H2,16,17,18,19). The van der Waals surface area contributed by atoms with Crippen LogP contribution in [-0.4, -0.2) is 17.0 Å². The van der Waals surface area contributed by atoms with Crippen LogP contribution < -0.4 is 10.6 Å². The third-order valence-corrected chi connectivity index (χ3v) is 3.34. The van der Waals surface area contributed by atoms with E-state index >= 15 is 0 Å². The third-order valence-electron chi connectivity index (χ3n) is 2.65. The molecule has 0 saturated carbocycles. The number of benzene rings is 1. The van der Waals surface area contributed by atoms with Gasteiger partial charge in [0.05, 0.1) is 5.69 Å². The lowest BCUT2D eigenvalue weighted by atomic mass is 10.2. The van der Waals surface area contributed by atoms with Crippen molar-refractivity contribution in [2.24, 2.45) is 0 Å². The maximum absolute atomic E-state index is 4.53. The molecular weight excluding hydrogens is 304 g/mol. The van der Waals surface area contributed by atoms with Crippen molar-refractivity contribution in [1.29, 1.82) is 0 Å². The van der Waals surface area contributed by atoms with E-state index in [0.717, 1.165) is 27.6 Å². The maximum Gasteiger partial charge on any atom is 0.136 e. The summed E-state index contributed by atoms with van der Waals surface area (Å²) in [5.74, 6) is 2.71. The van der Waals surface area contributed by atoms with Crippen LogP contribution in [0.15, 0.2) is 34.8 Å². The maximum atomic E-state index is 4.53. The number of rotatable bonds is 4. The second kappa shape index (κ2) is 6.02. The lowest BCUT2D eigenvalue weighted by molar-refractivity contribution is 0.778. The van der Waals surface area contributed by atoms with Gasteiger partial charge in [-0.3, -0.25) is 0 Å². The molecule has 1 aromatic heterocycles. The number of nitrogens with one attached hydrogen (secondary N) is 2. The molecule has 5 heteroatoms. The Morgan fingerprint density at radius 2 is 1.79 bits per heavy atom. The minimum absolute atomic E-state index is 0.285. The van der Waals surface area contributed by atoms with Gasteiger partial charge in [0.1, 0.15) is 17.5 Å². The molecule has 0 aliphatic rings. The van der Waals surface area contributed by atoms with Crippen LogP contribution in [0, 0.1) is 0 Å². The van der Waals surface area contributed by atoms with E-state index < -0.39 is 0 Å². The highest BCUT2D eigenvalue weighted by atomic mass is 79.9. The minimum Gasteiger partial charge on any atom is -0.373 e. The molecule has 0 bridgehead atoms. The molecule has 2 rings (SSSR count). The molecule has 1 aromatic carbocycles. The molecule has 2 N–H and O–H groups in total. The molecule has 0 amide bonds. The molecule has 0 atom stereocenters. The van der Waals surface area contributed by atoms with Crippen molar-refractivity contribution in [3.05, 3.63) is 40.6 Å². The fourth-order valence-corrected chi connectivity index (χ4v) is 2.00. The molecule has 100 valence electrons. The third kappa shape index (κ3) is 3.44. The largest absolute Gasteiger partial charge is 0.373 e. The monoisotopic (exact) mass is 320 g/mol. The minimum atomic E-state index is 0.285. The van der Waals surface area contributed by atoms with E-state index in [1.165, 1.54) is 0 Å². The van der Waals surface area contributed by atoms with Crippen LogP contribution in [0.4, 0.5) is 17.3 Å². The molecule has 0 saturated heterocycles. The average molecular weight is 321 g/mol. The SMILES string of the molecule is CNc1cc(Nc2ccccc2Br)nc(C(C)C)n1. The van der Waals surface area contributed by atoms with Gasteiger partial charge in [-0.15, -0.1) is 0 Å². The van der Waals surface area contributed by atoms with E-state index in [9.17, 15) is 0 Å². The normalized spacial score (nSPS) is 10.6. The van der Waals surface area contributed by atoms with Gasteiger partial charge in [-0.05, 0) is 28.1 Å². The van der Waals surface area contributed by atoms with Gasteiger partial charge >= 0.3 is 0 Å². The Balaban J connectivity index is 2.34. The predicted octanol–water partition coefficient (Wildman–Crippen LogP) is 4.15. The first-order chi connectivity index (χ1) is 9.10. The van der Waals surface area contributed by atoms with Crippen molar-refractivity contribution < 1.29 is 0 Å².